The molecule has 0 radical (unpaired) electrons. The average molecular weight is 338 g/mol. The maximum absolute atomic E-state index is 3.43. The number of rotatable bonds is 3. The van der Waals surface area contributed by atoms with Gasteiger partial charge in [-0.2, -0.15) is 0 Å². The molecule has 0 bridgehead atoms. The van der Waals surface area contributed by atoms with E-state index < -0.39 is 0 Å². The Hall–Kier alpha value is -0.821. The van der Waals surface area contributed by atoms with Crippen LogP contribution in [0.2, 0.25) is 0 Å². The van der Waals surface area contributed by atoms with Crippen molar-refractivity contribution in [2.24, 2.45) is 0 Å². The molecule has 0 spiro atoms. The molecule has 0 N–H and O–H groups in total. The molecule has 16 heavy (non-hydrogen) atoms. The Balaban J connectivity index is 1.98. The zero-order valence-electron chi connectivity index (χ0n) is 8.64. The Kier molecular flexibility index (Phi) is 4.41. The molecule has 80 valence electrons. The van der Waals surface area contributed by atoms with E-state index in [9.17, 15) is 0 Å². The summed E-state index contributed by atoms with van der Waals surface area (Å²) in [6.07, 6.45) is 2.18. The third-order valence-electron chi connectivity index (χ3n) is 2.08. The molecule has 2 aromatic rings. The fraction of sp³-hybridized carbons (Fsp3) is 0. The maximum atomic E-state index is 3.43. The average Bonchev–Trinajstić information content (AvgIpc) is 2.33. The summed E-state index contributed by atoms with van der Waals surface area (Å²) in [5.74, 6) is 0. The summed E-state index contributed by atoms with van der Waals surface area (Å²) in [5.41, 5.74) is 1.25. The van der Waals surface area contributed by atoms with E-state index in [4.69, 9.17) is 0 Å². The van der Waals surface area contributed by atoms with E-state index in [2.05, 4.69) is 81.6 Å². The van der Waals surface area contributed by atoms with E-state index in [1.807, 2.05) is 0 Å². The topological polar surface area (TPSA) is 0 Å². The first kappa shape index (κ1) is 11.7. The van der Waals surface area contributed by atoms with Gasteiger partial charge in [0.05, 0.1) is 0 Å². The zero-order chi connectivity index (χ0) is 11.2. The van der Waals surface area contributed by atoms with Gasteiger partial charge in [-0.25, -0.2) is 0 Å². The van der Waals surface area contributed by atoms with E-state index in [0.29, 0.717) is 15.0 Å². The SMILES string of the molecule is Brc1ccc(/C=C/[Se]c2ccccc2)cc1. The van der Waals surface area contributed by atoms with Gasteiger partial charge in [0.15, 0.2) is 0 Å². The second-order valence-electron chi connectivity index (χ2n) is 3.29. The molecule has 0 amide bonds. The summed E-state index contributed by atoms with van der Waals surface area (Å²) in [6.45, 7) is 0. The van der Waals surface area contributed by atoms with Crippen LogP contribution in [0.5, 0.6) is 0 Å². The predicted octanol–water partition coefficient (Wildman–Crippen LogP) is 3.45. The van der Waals surface area contributed by atoms with Crippen molar-refractivity contribution in [2.75, 3.05) is 0 Å². The van der Waals surface area contributed by atoms with Crippen molar-refractivity contribution in [3.05, 3.63) is 69.6 Å². The summed E-state index contributed by atoms with van der Waals surface area (Å²) >= 11 is 3.86. The van der Waals surface area contributed by atoms with Gasteiger partial charge in [-0.1, -0.05) is 0 Å². The molecular weight excluding hydrogens is 327 g/mol. The second-order valence-corrected chi connectivity index (χ2v) is 6.26. The van der Waals surface area contributed by atoms with Crippen LogP contribution in [0.4, 0.5) is 0 Å². The van der Waals surface area contributed by atoms with Gasteiger partial charge in [0, 0.05) is 0 Å². The van der Waals surface area contributed by atoms with E-state index in [-0.39, 0.29) is 0 Å². The Morgan fingerprint density at radius 3 is 2.25 bits per heavy atom. The van der Waals surface area contributed by atoms with Gasteiger partial charge in [0.25, 0.3) is 0 Å². The van der Waals surface area contributed by atoms with Crippen LogP contribution in [-0.4, -0.2) is 15.0 Å². The molecule has 2 heteroatoms. The Morgan fingerprint density at radius 1 is 0.875 bits per heavy atom. The first-order valence-corrected chi connectivity index (χ1v) is 7.62. The van der Waals surface area contributed by atoms with E-state index in [0.717, 1.165) is 4.47 Å². The molecule has 2 rings (SSSR count). The van der Waals surface area contributed by atoms with Crippen molar-refractivity contribution >= 4 is 41.4 Å². The van der Waals surface area contributed by atoms with Gasteiger partial charge in [-0.05, 0) is 0 Å². The number of hydrogen-bond donors (Lipinski definition) is 0. The van der Waals surface area contributed by atoms with Crippen molar-refractivity contribution < 1.29 is 0 Å². The standard InChI is InChI=1S/C14H11BrSe/c15-13-8-6-12(7-9-13)10-11-16-14-4-2-1-3-5-14/h1-11H/b11-10+. The fourth-order valence-corrected chi connectivity index (χ4v) is 2.99. The van der Waals surface area contributed by atoms with Crippen LogP contribution in [-0.2, 0) is 0 Å². The molecule has 0 fully saturated rings. The summed E-state index contributed by atoms with van der Waals surface area (Å²) in [5, 5.41) is 0. The summed E-state index contributed by atoms with van der Waals surface area (Å²) in [6, 6.07) is 18.9. The number of benzene rings is 2. The molecule has 0 atom stereocenters. The Morgan fingerprint density at radius 2 is 1.56 bits per heavy atom. The molecule has 0 aliphatic rings. The second kappa shape index (κ2) is 6.05. The summed E-state index contributed by atoms with van der Waals surface area (Å²) in [7, 11) is 0. The van der Waals surface area contributed by atoms with Gasteiger partial charge in [-0.3, -0.25) is 0 Å². The fourth-order valence-electron chi connectivity index (χ4n) is 1.26. The van der Waals surface area contributed by atoms with Gasteiger partial charge in [-0.15, -0.1) is 0 Å². The van der Waals surface area contributed by atoms with Crippen LogP contribution >= 0.6 is 15.9 Å². The Labute approximate surface area is 111 Å². The minimum atomic E-state index is 0.425. The first-order chi connectivity index (χ1) is 7.84. The normalized spacial score (nSPS) is 10.8. The molecule has 0 saturated carbocycles. The molecule has 0 unspecified atom stereocenters. The Bertz CT molecular complexity index is 460. The number of hydrogen-bond acceptors (Lipinski definition) is 0. The van der Waals surface area contributed by atoms with Gasteiger partial charge >= 0.3 is 111 Å². The van der Waals surface area contributed by atoms with Crippen molar-refractivity contribution in [3.8, 4) is 0 Å². The molecule has 0 aromatic heterocycles. The minimum absolute atomic E-state index is 0.425. The van der Waals surface area contributed by atoms with Crippen molar-refractivity contribution in [2.45, 2.75) is 0 Å². The van der Waals surface area contributed by atoms with E-state index >= 15 is 0 Å². The third-order valence-corrected chi connectivity index (χ3v) is 4.32. The quantitative estimate of drug-likeness (QED) is 0.752. The molecule has 0 nitrogen and oxygen atoms in total. The van der Waals surface area contributed by atoms with Crippen molar-refractivity contribution in [3.63, 3.8) is 0 Å². The third kappa shape index (κ3) is 3.64. The summed E-state index contributed by atoms with van der Waals surface area (Å²) in [4.78, 5) is 2.26. The van der Waals surface area contributed by atoms with Gasteiger partial charge in [0.1, 0.15) is 0 Å². The predicted molar refractivity (Wildman–Crippen MR) is 75.0 cm³/mol. The molecule has 0 aliphatic heterocycles. The van der Waals surface area contributed by atoms with Crippen LogP contribution in [0.1, 0.15) is 5.56 Å². The molecule has 0 saturated heterocycles. The van der Waals surface area contributed by atoms with Gasteiger partial charge < -0.3 is 0 Å². The molecule has 2 aromatic carbocycles. The van der Waals surface area contributed by atoms with Crippen molar-refractivity contribution in [1.29, 1.82) is 0 Å². The van der Waals surface area contributed by atoms with Crippen LogP contribution in [0.25, 0.3) is 6.08 Å². The number of halogens is 1. The monoisotopic (exact) mass is 338 g/mol. The van der Waals surface area contributed by atoms with Crippen LogP contribution < -0.4 is 4.46 Å². The van der Waals surface area contributed by atoms with Crippen molar-refractivity contribution in [1.82, 2.24) is 0 Å². The molecule has 0 heterocycles. The van der Waals surface area contributed by atoms with Crippen LogP contribution in [0.15, 0.2) is 64.0 Å². The molecule has 0 aliphatic carbocycles. The summed E-state index contributed by atoms with van der Waals surface area (Å²) < 4.78 is 2.53. The van der Waals surface area contributed by atoms with Crippen LogP contribution in [0, 0.1) is 0 Å². The van der Waals surface area contributed by atoms with E-state index in [1.165, 1.54) is 10.0 Å². The molecular formula is C14H11BrSe. The van der Waals surface area contributed by atoms with E-state index in [1.54, 1.807) is 0 Å². The zero-order valence-corrected chi connectivity index (χ0v) is 11.9. The van der Waals surface area contributed by atoms with Gasteiger partial charge in [0.2, 0.25) is 0 Å². The van der Waals surface area contributed by atoms with Crippen LogP contribution in [0.3, 0.4) is 0 Å². The first-order valence-electron chi connectivity index (χ1n) is 4.98.